The van der Waals surface area contributed by atoms with E-state index in [2.05, 4.69) is 38.9 Å². The summed E-state index contributed by atoms with van der Waals surface area (Å²) in [5.74, 6) is 0. The Balaban J connectivity index is 2.11. The van der Waals surface area contributed by atoms with E-state index in [1.807, 2.05) is 24.4 Å². The maximum atomic E-state index is 6.17. The van der Waals surface area contributed by atoms with E-state index in [0.29, 0.717) is 6.42 Å². The first-order valence-electron chi connectivity index (χ1n) is 6.00. The second-order valence-electron chi connectivity index (χ2n) is 4.19. The fraction of sp³-hybridized carbons (Fsp3) is 0.286. The molecule has 3 nitrogen and oxygen atoms in total. The first kappa shape index (κ1) is 13.2. The average Bonchev–Trinajstić information content (AvgIpc) is 2.40. The van der Waals surface area contributed by atoms with Gasteiger partial charge in [0.05, 0.1) is 11.7 Å². The van der Waals surface area contributed by atoms with Gasteiger partial charge in [0.25, 0.3) is 0 Å². The zero-order chi connectivity index (χ0) is 13.0. The van der Waals surface area contributed by atoms with Crippen molar-refractivity contribution in [3.8, 4) is 0 Å². The van der Waals surface area contributed by atoms with Crippen molar-refractivity contribution in [2.45, 2.75) is 25.8 Å². The molecule has 0 aliphatic carbocycles. The van der Waals surface area contributed by atoms with Crippen LogP contribution in [0, 0.1) is 0 Å². The van der Waals surface area contributed by atoms with E-state index in [1.54, 1.807) is 6.20 Å². The summed E-state index contributed by atoms with van der Waals surface area (Å²) in [5.41, 5.74) is 9.28. The third-order valence-electron chi connectivity index (χ3n) is 2.86. The third kappa shape index (κ3) is 3.15. The molecule has 1 atom stereocenters. The van der Waals surface area contributed by atoms with E-state index in [9.17, 15) is 0 Å². The average molecular weight is 306 g/mol. The second kappa shape index (κ2) is 6.07. The monoisotopic (exact) mass is 305 g/mol. The Morgan fingerprint density at radius 3 is 2.72 bits per heavy atom. The first-order valence-corrected chi connectivity index (χ1v) is 6.79. The van der Waals surface area contributed by atoms with E-state index < -0.39 is 0 Å². The summed E-state index contributed by atoms with van der Waals surface area (Å²) < 4.78 is 0.947. The lowest BCUT2D eigenvalue weighted by molar-refractivity contribution is 0.679. The summed E-state index contributed by atoms with van der Waals surface area (Å²) in [7, 11) is 0. The van der Waals surface area contributed by atoms with Crippen LogP contribution >= 0.6 is 15.9 Å². The van der Waals surface area contributed by atoms with Crippen molar-refractivity contribution in [3.05, 3.63) is 58.1 Å². The molecular formula is C14H16BrN3. The van der Waals surface area contributed by atoms with Crippen LogP contribution in [0.2, 0.25) is 0 Å². The van der Waals surface area contributed by atoms with Crippen molar-refractivity contribution in [3.63, 3.8) is 0 Å². The van der Waals surface area contributed by atoms with Crippen molar-refractivity contribution < 1.29 is 0 Å². The van der Waals surface area contributed by atoms with Gasteiger partial charge in [0.1, 0.15) is 0 Å². The van der Waals surface area contributed by atoms with Gasteiger partial charge in [0.2, 0.25) is 0 Å². The highest BCUT2D eigenvalue weighted by Crippen LogP contribution is 2.21. The molecule has 2 aromatic rings. The van der Waals surface area contributed by atoms with Gasteiger partial charge in [-0.1, -0.05) is 13.0 Å². The lowest BCUT2D eigenvalue weighted by Crippen LogP contribution is -2.16. The first-order chi connectivity index (χ1) is 8.70. The van der Waals surface area contributed by atoms with E-state index in [1.165, 1.54) is 5.56 Å². The number of hydrogen-bond donors (Lipinski definition) is 1. The molecule has 2 rings (SSSR count). The van der Waals surface area contributed by atoms with Crippen LogP contribution < -0.4 is 5.73 Å². The number of nitrogens with zero attached hydrogens (tertiary/aromatic N) is 2. The van der Waals surface area contributed by atoms with E-state index in [0.717, 1.165) is 22.3 Å². The molecule has 2 N–H and O–H groups in total. The molecule has 4 heteroatoms. The predicted octanol–water partition coefficient (Wildman–Crippen LogP) is 3.04. The number of hydrogen-bond acceptors (Lipinski definition) is 3. The van der Waals surface area contributed by atoms with Crippen molar-refractivity contribution in [1.29, 1.82) is 0 Å². The zero-order valence-corrected chi connectivity index (χ0v) is 11.9. The smallest absolute Gasteiger partial charge is 0.0716 e. The minimum Gasteiger partial charge on any atom is -0.322 e. The Morgan fingerprint density at radius 2 is 2.11 bits per heavy atom. The second-order valence-corrected chi connectivity index (χ2v) is 5.05. The number of rotatable bonds is 4. The molecule has 0 fully saturated rings. The van der Waals surface area contributed by atoms with Crippen molar-refractivity contribution >= 4 is 15.9 Å². The summed E-state index contributed by atoms with van der Waals surface area (Å²) in [5, 5.41) is 0. The van der Waals surface area contributed by atoms with Crippen molar-refractivity contribution in [2.75, 3.05) is 0 Å². The van der Waals surface area contributed by atoms with E-state index in [4.69, 9.17) is 5.73 Å². The van der Waals surface area contributed by atoms with Gasteiger partial charge in [-0.25, -0.2) is 0 Å². The van der Waals surface area contributed by atoms with Crippen LogP contribution in [0.1, 0.15) is 29.9 Å². The van der Waals surface area contributed by atoms with Gasteiger partial charge in [-0.3, -0.25) is 9.97 Å². The van der Waals surface area contributed by atoms with Crippen molar-refractivity contribution in [2.24, 2.45) is 5.73 Å². The number of nitrogens with two attached hydrogens (primary N) is 1. The van der Waals surface area contributed by atoms with Crippen LogP contribution in [0.5, 0.6) is 0 Å². The van der Waals surface area contributed by atoms with Gasteiger partial charge >= 0.3 is 0 Å². The fourth-order valence-electron chi connectivity index (χ4n) is 1.78. The summed E-state index contributed by atoms with van der Waals surface area (Å²) >= 11 is 3.47. The molecule has 2 aromatic heterocycles. The Kier molecular flexibility index (Phi) is 4.44. The minimum absolute atomic E-state index is 0.138. The Hall–Kier alpha value is -1.26. The van der Waals surface area contributed by atoms with Crippen LogP contribution in [0.15, 0.2) is 41.1 Å². The number of halogens is 1. The van der Waals surface area contributed by atoms with Gasteiger partial charge in [0.15, 0.2) is 0 Å². The highest BCUT2D eigenvalue weighted by molar-refractivity contribution is 9.10. The molecule has 18 heavy (non-hydrogen) atoms. The molecule has 0 aromatic carbocycles. The Morgan fingerprint density at radius 1 is 1.28 bits per heavy atom. The van der Waals surface area contributed by atoms with Gasteiger partial charge in [-0.2, -0.15) is 0 Å². The van der Waals surface area contributed by atoms with Gasteiger partial charge in [-0.05, 0) is 46.1 Å². The number of pyridine rings is 2. The molecule has 0 saturated heterocycles. The lowest BCUT2D eigenvalue weighted by Gasteiger charge is -2.12. The summed E-state index contributed by atoms with van der Waals surface area (Å²) in [6, 6.07) is 7.84. The van der Waals surface area contributed by atoms with Gasteiger partial charge in [-0.15, -0.1) is 0 Å². The van der Waals surface area contributed by atoms with Crippen LogP contribution in [0.3, 0.4) is 0 Å². The zero-order valence-electron chi connectivity index (χ0n) is 10.3. The number of aryl methyl sites for hydroxylation is 1. The normalized spacial score (nSPS) is 12.4. The summed E-state index contributed by atoms with van der Waals surface area (Å²) in [6.07, 6.45) is 5.37. The maximum absolute atomic E-state index is 6.17. The molecule has 0 radical (unpaired) electrons. The lowest BCUT2D eigenvalue weighted by atomic mass is 10.1. The molecule has 0 aliphatic heterocycles. The van der Waals surface area contributed by atoms with Crippen LogP contribution in [-0.4, -0.2) is 9.97 Å². The largest absolute Gasteiger partial charge is 0.322 e. The number of aromatic nitrogens is 2. The van der Waals surface area contributed by atoms with Gasteiger partial charge in [0, 0.05) is 29.0 Å². The topological polar surface area (TPSA) is 51.8 Å². The van der Waals surface area contributed by atoms with Crippen molar-refractivity contribution in [1.82, 2.24) is 9.97 Å². The molecule has 0 amide bonds. The quantitative estimate of drug-likeness (QED) is 0.944. The third-order valence-corrected chi connectivity index (χ3v) is 3.53. The summed E-state index contributed by atoms with van der Waals surface area (Å²) in [6.45, 7) is 2.12. The summed E-state index contributed by atoms with van der Waals surface area (Å²) in [4.78, 5) is 8.73. The van der Waals surface area contributed by atoms with Crippen LogP contribution in [0.4, 0.5) is 0 Å². The molecule has 94 valence electrons. The highest BCUT2D eigenvalue weighted by Gasteiger charge is 2.12. The molecule has 0 aliphatic rings. The molecule has 0 bridgehead atoms. The predicted molar refractivity (Wildman–Crippen MR) is 76.2 cm³/mol. The Bertz CT molecular complexity index is 511. The SMILES string of the molecule is CCc1ccc(CC(N)c2ncccc2Br)nc1. The van der Waals surface area contributed by atoms with Crippen LogP contribution in [-0.2, 0) is 12.8 Å². The van der Waals surface area contributed by atoms with Gasteiger partial charge < -0.3 is 5.73 Å². The van der Waals surface area contributed by atoms with Crippen LogP contribution in [0.25, 0.3) is 0 Å². The van der Waals surface area contributed by atoms with E-state index in [-0.39, 0.29) is 6.04 Å². The molecule has 0 spiro atoms. The molecule has 0 saturated carbocycles. The molecule has 1 unspecified atom stereocenters. The molecular weight excluding hydrogens is 290 g/mol. The molecule has 2 heterocycles. The fourth-order valence-corrected chi connectivity index (χ4v) is 2.33. The highest BCUT2D eigenvalue weighted by atomic mass is 79.9. The van der Waals surface area contributed by atoms with E-state index >= 15 is 0 Å². The standard InChI is InChI=1S/C14H16BrN3/c1-2-10-5-6-11(18-9-10)8-13(16)14-12(15)4-3-7-17-14/h3-7,9,13H,2,8,16H2,1H3. The minimum atomic E-state index is -0.138. The Labute approximate surface area is 116 Å². The maximum Gasteiger partial charge on any atom is 0.0716 e.